The fourth-order valence-corrected chi connectivity index (χ4v) is 3.82. The molecule has 0 unspecified atom stereocenters. The smallest absolute Gasteiger partial charge is 0.240 e. The molecule has 2 rings (SSSR count). The Balaban J connectivity index is 0.00000480. The van der Waals surface area contributed by atoms with Crippen molar-refractivity contribution >= 4 is 40.0 Å². The number of hydrogen-bond donors (Lipinski definition) is 3. The van der Waals surface area contributed by atoms with Crippen LogP contribution in [0.15, 0.2) is 52.4 Å². The minimum atomic E-state index is -3.54. The van der Waals surface area contributed by atoms with Crippen LogP contribution in [0.5, 0.6) is 0 Å². The van der Waals surface area contributed by atoms with Gasteiger partial charge in [0.1, 0.15) is 5.82 Å². The van der Waals surface area contributed by atoms with E-state index in [1.807, 2.05) is 6.92 Å². The van der Waals surface area contributed by atoms with Crippen LogP contribution in [0.25, 0.3) is 0 Å². The number of halogens is 2. The van der Waals surface area contributed by atoms with Crippen LogP contribution in [-0.2, 0) is 27.7 Å². The number of sulfonamides is 1. The van der Waals surface area contributed by atoms with Crippen molar-refractivity contribution in [2.75, 3.05) is 33.9 Å². The van der Waals surface area contributed by atoms with E-state index in [0.717, 1.165) is 23.1 Å². The van der Waals surface area contributed by atoms with E-state index in [-0.39, 0.29) is 41.2 Å². The van der Waals surface area contributed by atoms with Gasteiger partial charge in [0.15, 0.2) is 5.96 Å². The summed E-state index contributed by atoms with van der Waals surface area (Å²) in [6, 6.07) is 11.4. The van der Waals surface area contributed by atoms with Crippen LogP contribution in [0.3, 0.4) is 0 Å². The third-order valence-corrected chi connectivity index (χ3v) is 5.98. The molecule has 2 aromatic carbocycles. The lowest BCUT2D eigenvalue weighted by molar-refractivity contribution is 0.204. The van der Waals surface area contributed by atoms with Gasteiger partial charge in [-0.2, -0.15) is 0 Å². The summed E-state index contributed by atoms with van der Waals surface area (Å²) < 4.78 is 44.9. The van der Waals surface area contributed by atoms with Gasteiger partial charge in [-0.15, -0.1) is 24.0 Å². The standard InChI is InChI=1S/C21H29FN4O3S.HI/c1-16-14-19(22)7-6-18(16)10-11-24-21(23-2)25-15-17-4-8-20(9-5-17)30(27,28)26-12-13-29-3;/h4-9,14,26H,10-13,15H2,1-3H3,(H2,23,24,25);1H. The number of aliphatic imine (C=N–C) groups is 1. The predicted octanol–water partition coefficient (Wildman–Crippen LogP) is 2.58. The second kappa shape index (κ2) is 13.6. The second-order valence-corrected chi connectivity index (χ2v) is 8.47. The monoisotopic (exact) mass is 564 g/mol. The summed E-state index contributed by atoms with van der Waals surface area (Å²) in [6.45, 7) is 3.57. The molecule has 0 aliphatic rings. The quantitative estimate of drug-likeness (QED) is 0.179. The molecule has 7 nitrogen and oxygen atoms in total. The van der Waals surface area contributed by atoms with Gasteiger partial charge >= 0.3 is 0 Å². The van der Waals surface area contributed by atoms with Gasteiger partial charge in [0, 0.05) is 33.8 Å². The Morgan fingerprint density at radius 1 is 1.10 bits per heavy atom. The molecule has 0 radical (unpaired) electrons. The number of ether oxygens (including phenoxy) is 1. The lowest BCUT2D eigenvalue weighted by Gasteiger charge is -2.13. The van der Waals surface area contributed by atoms with Crippen molar-refractivity contribution in [3.63, 3.8) is 0 Å². The van der Waals surface area contributed by atoms with Crippen molar-refractivity contribution in [3.05, 3.63) is 65.0 Å². The van der Waals surface area contributed by atoms with Crippen LogP contribution in [-0.4, -0.2) is 48.2 Å². The van der Waals surface area contributed by atoms with Gasteiger partial charge < -0.3 is 15.4 Å². The third kappa shape index (κ3) is 9.09. The van der Waals surface area contributed by atoms with E-state index in [9.17, 15) is 12.8 Å². The molecule has 2 aromatic rings. The zero-order chi connectivity index (χ0) is 22.0. The van der Waals surface area contributed by atoms with E-state index in [2.05, 4.69) is 20.3 Å². The van der Waals surface area contributed by atoms with E-state index in [0.29, 0.717) is 25.7 Å². The van der Waals surface area contributed by atoms with E-state index >= 15 is 0 Å². The van der Waals surface area contributed by atoms with Crippen molar-refractivity contribution in [2.24, 2.45) is 4.99 Å². The molecule has 0 saturated heterocycles. The van der Waals surface area contributed by atoms with Crippen LogP contribution in [0.4, 0.5) is 4.39 Å². The summed E-state index contributed by atoms with van der Waals surface area (Å²) in [5.74, 6) is 0.402. The lowest BCUT2D eigenvalue weighted by atomic mass is 10.1. The molecular formula is C21H30FIN4O3S. The average molecular weight is 564 g/mol. The van der Waals surface area contributed by atoms with Crippen LogP contribution in [0.1, 0.15) is 16.7 Å². The Bertz CT molecular complexity index is 954. The highest BCUT2D eigenvalue weighted by Crippen LogP contribution is 2.11. The first kappa shape index (κ1) is 27.3. The zero-order valence-electron chi connectivity index (χ0n) is 17.9. The maximum Gasteiger partial charge on any atom is 0.240 e. The normalized spacial score (nSPS) is 11.7. The van der Waals surface area contributed by atoms with E-state index in [1.54, 1.807) is 37.4 Å². The molecule has 172 valence electrons. The van der Waals surface area contributed by atoms with Gasteiger partial charge in [-0.05, 0) is 54.3 Å². The Kier molecular flexibility index (Phi) is 12.0. The molecule has 0 spiro atoms. The highest BCUT2D eigenvalue weighted by molar-refractivity contribution is 14.0. The number of hydrogen-bond acceptors (Lipinski definition) is 4. The molecule has 0 amide bonds. The Morgan fingerprint density at radius 2 is 1.81 bits per heavy atom. The van der Waals surface area contributed by atoms with E-state index in [1.165, 1.54) is 19.2 Å². The molecule has 3 N–H and O–H groups in total. The minimum Gasteiger partial charge on any atom is -0.383 e. The molecule has 0 fully saturated rings. The van der Waals surface area contributed by atoms with Crippen LogP contribution in [0.2, 0.25) is 0 Å². The Hall–Kier alpha value is -1.76. The van der Waals surface area contributed by atoms with E-state index in [4.69, 9.17) is 4.74 Å². The highest BCUT2D eigenvalue weighted by Gasteiger charge is 2.12. The minimum absolute atomic E-state index is 0. The van der Waals surface area contributed by atoms with Crippen LogP contribution >= 0.6 is 24.0 Å². The van der Waals surface area contributed by atoms with Crippen LogP contribution < -0.4 is 15.4 Å². The van der Waals surface area contributed by atoms with Crippen LogP contribution in [0, 0.1) is 12.7 Å². The third-order valence-electron chi connectivity index (χ3n) is 4.51. The van der Waals surface area contributed by atoms with Gasteiger partial charge in [0.2, 0.25) is 10.0 Å². The molecule has 31 heavy (non-hydrogen) atoms. The SMILES string of the molecule is CN=C(NCCc1ccc(F)cc1C)NCc1ccc(S(=O)(=O)NCCOC)cc1.I. The summed E-state index contributed by atoms with van der Waals surface area (Å²) in [6.07, 6.45) is 0.745. The molecule has 0 aliphatic heterocycles. The number of rotatable bonds is 10. The van der Waals surface area contributed by atoms with E-state index < -0.39 is 10.0 Å². The van der Waals surface area contributed by atoms with Crippen molar-refractivity contribution in [1.82, 2.24) is 15.4 Å². The first-order chi connectivity index (χ1) is 14.4. The molecule has 0 atom stereocenters. The number of nitrogens with zero attached hydrogens (tertiary/aromatic N) is 1. The zero-order valence-corrected chi connectivity index (χ0v) is 21.1. The van der Waals surface area contributed by atoms with Gasteiger partial charge in [-0.1, -0.05) is 18.2 Å². The summed E-state index contributed by atoms with van der Waals surface area (Å²) in [5.41, 5.74) is 2.92. The van der Waals surface area contributed by atoms with Crippen molar-refractivity contribution < 1.29 is 17.5 Å². The van der Waals surface area contributed by atoms with Gasteiger partial charge in [0.25, 0.3) is 0 Å². The Morgan fingerprint density at radius 3 is 2.42 bits per heavy atom. The molecule has 0 aromatic heterocycles. The fraction of sp³-hybridized carbons (Fsp3) is 0.381. The maximum absolute atomic E-state index is 13.2. The van der Waals surface area contributed by atoms with Crippen molar-refractivity contribution in [1.29, 1.82) is 0 Å². The number of nitrogens with one attached hydrogen (secondary N) is 3. The molecular weight excluding hydrogens is 534 g/mol. The predicted molar refractivity (Wildman–Crippen MR) is 132 cm³/mol. The first-order valence-electron chi connectivity index (χ1n) is 9.63. The maximum atomic E-state index is 13.2. The number of methoxy groups -OCH3 is 1. The summed E-state index contributed by atoms with van der Waals surface area (Å²) >= 11 is 0. The average Bonchev–Trinajstić information content (AvgIpc) is 2.72. The van der Waals surface area contributed by atoms with Crippen molar-refractivity contribution in [3.8, 4) is 0 Å². The molecule has 0 saturated carbocycles. The first-order valence-corrected chi connectivity index (χ1v) is 11.1. The number of guanidine groups is 1. The largest absolute Gasteiger partial charge is 0.383 e. The molecule has 10 heteroatoms. The molecule has 0 heterocycles. The second-order valence-electron chi connectivity index (χ2n) is 6.71. The van der Waals surface area contributed by atoms with Gasteiger partial charge in [-0.3, -0.25) is 4.99 Å². The molecule has 0 bridgehead atoms. The summed E-state index contributed by atoms with van der Waals surface area (Å²) in [5, 5.41) is 6.41. The summed E-state index contributed by atoms with van der Waals surface area (Å²) in [4.78, 5) is 4.39. The topological polar surface area (TPSA) is 91.8 Å². The van der Waals surface area contributed by atoms with Gasteiger partial charge in [-0.25, -0.2) is 17.5 Å². The lowest BCUT2D eigenvalue weighted by Crippen LogP contribution is -2.37. The number of benzene rings is 2. The van der Waals surface area contributed by atoms with Gasteiger partial charge in [0.05, 0.1) is 11.5 Å². The highest BCUT2D eigenvalue weighted by atomic mass is 127. The Labute approximate surface area is 201 Å². The molecule has 0 aliphatic carbocycles. The van der Waals surface area contributed by atoms with Crippen molar-refractivity contribution in [2.45, 2.75) is 24.8 Å². The number of aryl methyl sites for hydroxylation is 1. The fourth-order valence-electron chi connectivity index (χ4n) is 2.81. The summed E-state index contributed by atoms with van der Waals surface area (Å²) in [7, 11) is -0.343.